The molecule has 0 fully saturated rings. The van der Waals surface area contributed by atoms with E-state index in [9.17, 15) is 8.42 Å². The van der Waals surface area contributed by atoms with Crippen molar-refractivity contribution in [3.63, 3.8) is 0 Å². The maximum absolute atomic E-state index is 12.0. The van der Waals surface area contributed by atoms with Crippen molar-refractivity contribution in [2.24, 2.45) is 0 Å². The van der Waals surface area contributed by atoms with Gasteiger partial charge in [-0.2, -0.15) is 10.2 Å². The van der Waals surface area contributed by atoms with E-state index in [4.69, 9.17) is 0 Å². The zero-order valence-corrected chi connectivity index (χ0v) is 11.8. The highest BCUT2D eigenvalue weighted by Gasteiger charge is 2.16. The standard InChI is InChI=1S/C11H17N5O2S/c1-3-15-8-10(5-12-15)6-14-19(17,18)11-7-13-16(4-2)9-11/h5,7-9,14H,3-4,6H2,1-2H3. The first-order valence-corrected chi connectivity index (χ1v) is 7.57. The maximum Gasteiger partial charge on any atom is 0.243 e. The largest absolute Gasteiger partial charge is 0.273 e. The van der Waals surface area contributed by atoms with E-state index in [1.165, 1.54) is 12.4 Å². The number of aromatic nitrogens is 4. The molecule has 0 amide bonds. The Labute approximate surface area is 112 Å². The van der Waals surface area contributed by atoms with Crippen molar-refractivity contribution >= 4 is 10.0 Å². The van der Waals surface area contributed by atoms with Gasteiger partial charge in [-0.3, -0.25) is 9.36 Å². The molecule has 0 radical (unpaired) electrons. The number of sulfonamides is 1. The molecule has 0 saturated heterocycles. The second-order valence-corrected chi connectivity index (χ2v) is 5.83. The zero-order valence-electron chi connectivity index (χ0n) is 10.9. The van der Waals surface area contributed by atoms with Crippen LogP contribution in [0.4, 0.5) is 0 Å². The monoisotopic (exact) mass is 283 g/mol. The summed E-state index contributed by atoms with van der Waals surface area (Å²) < 4.78 is 29.9. The van der Waals surface area contributed by atoms with Gasteiger partial charge in [0.15, 0.2) is 0 Å². The molecular formula is C11H17N5O2S. The third kappa shape index (κ3) is 3.21. The Morgan fingerprint density at radius 1 is 1.11 bits per heavy atom. The van der Waals surface area contributed by atoms with Gasteiger partial charge in [-0.25, -0.2) is 13.1 Å². The van der Waals surface area contributed by atoms with Crippen molar-refractivity contribution < 1.29 is 8.42 Å². The number of nitrogens with one attached hydrogen (secondary N) is 1. The smallest absolute Gasteiger partial charge is 0.243 e. The quantitative estimate of drug-likeness (QED) is 0.841. The SMILES string of the molecule is CCn1cc(CNS(=O)(=O)c2cnn(CC)c2)cn1. The summed E-state index contributed by atoms with van der Waals surface area (Å²) in [5, 5.41) is 8.05. The first-order valence-electron chi connectivity index (χ1n) is 6.08. The molecule has 0 aliphatic carbocycles. The first kappa shape index (κ1) is 13.8. The van der Waals surface area contributed by atoms with E-state index >= 15 is 0 Å². The van der Waals surface area contributed by atoms with Gasteiger partial charge >= 0.3 is 0 Å². The van der Waals surface area contributed by atoms with Crippen molar-refractivity contribution in [1.82, 2.24) is 24.3 Å². The fraction of sp³-hybridized carbons (Fsp3) is 0.455. The summed E-state index contributed by atoms with van der Waals surface area (Å²) in [4.78, 5) is 0.178. The van der Waals surface area contributed by atoms with Gasteiger partial charge in [-0.15, -0.1) is 0 Å². The highest BCUT2D eigenvalue weighted by atomic mass is 32.2. The van der Waals surface area contributed by atoms with Gasteiger partial charge in [0.1, 0.15) is 4.90 Å². The molecule has 8 heteroatoms. The van der Waals surface area contributed by atoms with Crippen LogP contribution in [0.25, 0.3) is 0 Å². The molecule has 0 atom stereocenters. The predicted octanol–water partition coefficient (Wildman–Crippen LogP) is 0.598. The number of rotatable bonds is 6. The lowest BCUT2D eigenvalue weighted by molar-refractivity contribution is 0.580. The van der Waals surface area contributed by atoms with Crippen LogP contribution in [0.5, 0.6) is 0 Å². The molecule has 0 aliphatic rings. The van der Waals surface area contributed by atoms with Gasteiger partial charge in [-0.05, 0) is 13.8 Å². The highest BCUT2D eigenvalue weighted by Crippen LogP contribution is 2.08. The minimum atomic E-state index is -3.52. The summed E-state index contributed by atoms with van der Waals surface area (Å²) in [5.74, 6) is 0. The molecule has 0 aromatic carbocycles. The molecule has 2 aromatic heterocycles. The topological polar surface area (TPSA) is 81.8 Å². The van der Waals surface area contributed by atoms with Crippen LogP contribution in [-0.4, -0.2) is 28.0 Å². The molecular weight excluding hydrogens is 266 g/mol. The predicted molar refractivity (Wildman–Crippen MR) is 69.8 cm³/mol. The summed E-state index contributed by atoms with van der Waals surface area (Å²) >= 11 is 0. The minimum Gasteiger partial charge on any atom is -0.273 e. The molecule has 2 rings (SSSR count). The molecule has 0 unspecified atom stereocenters. The molecule has 2 heterocycles. The van der Waals surface area contributed by atoms with Gasteiger partial charge in [-0.1, -0.05) is 0 Å². The van der Waals surface area contributed by atoms with Crippen LogP contribution < -0.4 is 4.72 Å². The van der Waals surface area contributed by atoms with Crippen LogP contribution in [0.15, 0.2) is 29.7 Å². The molecule has 0 spiro atoms. The Morgan fingerprint density at radius 3 is 2.32 bits per heavy atom. The van der Waals surface area contributed by atoms with E-state index in [0.29, 0.717) is 6.54 Å². The molecule has 19 heavy (non-hydrogen) atoms. The van der Waals surface area contributed by atoms with Crippen molar-refractivity contribution in [3.8, 4) is 0 Å². The van der Waals surface area contributed by atoms with E-state index in [1.54, 1.807) is 15.6 Å². The number of aryl methyl sites for hydroxylation is 2. The van der Waals surface area contributed by atoms with E-state index in [-0.39, 0.29) is 11.4 Å². The highest BCUT2D eigenvalue weighted by molar-refractivity contribution is 7.89. The van der Waals surface area contributed by atoms with Crippen molar-refractivity contribution in [1.29, 1.82) is 0 Å². The average Bonchev–Trinajstić information content (AvgIpc) is 3.05. The Bertz CT molecular complexity index is 644. The molecule has 2 aromatic rings. The van der Waals surface area contributed by atoms with E-state index in [2.05, 4.69) is 14.9 Å². The fourth-order valence-corrected chi connectivity index (χ4v) is 2.56. The van der Waals surface area contributed by atoms with Crippen molar-refractivity contribution in [2.45, 2.75) is 38.4 Å². The maximum atomic E-state index is 12.0. The van der Waals surface area contributed by atoms with Gasteiger partial charge in [0.2, 0.25) is 10.0 Å². The van der Waals surface area contributed by atoms with Gasteiger partial charge in [0, 0.05) is 37.6 Å². The molecule has 0 aliphatic heterocycles. The van der Waals surface area contributed by atoms with Crippen LogP contribution in [-0.2, 0) is 29.7 Å². The lowest BCUT2D eigenvalue weighted by Crippen LogP contribution is -2.22. The molecule has 7 nitrogen and oxygen atoms in total. The molecule has 0 saturated carbocycles. The van der Waals surface area contributed by atoms with Crippen LogP contribution in [0.1, 0.15) is 19.4 Å². The zero-order chi connectivity index (χ0) is 13.9. The number of hydrogen-bond acceptors (Lipinski definition) is 4. The van der Waals surface area contributed by atoms with Crippen molar-refractivity contribution in [3.05, 3.63) is 30.4 Å². The summed E-state index contributed by atoms with van der Waals surface area (Å²) in [6, 6.07) is 0. The van der Waals surface area contributed by atoms with Crippen LogP contribution in [0.2, 0.25) is 0 Å². The van der Waals surface area contributed by atoms with E-state index in [0.717, 1.165) is 12.1 Å². The average molecular weight is 283 g/mol. The van der Waals surface area contributed by atoms with Crippen molar-refractivity contribution in [2.75, 3.05) is 0 Å². The van der Waals surface area contributed by atoms with Gasteiger partial charge < -0.3 is 0 Å². The van der Waals surface area contributed by atoms with Gasteiger partial charge in [0.05, 0.1) is 12.4 Å². The summed E-state index contributed by atoms with van der Waals surface area (Å²) in [7, 11) is -3.52. The normalized spacial score (nSPS) is 11.9. The van der Waals surface area contributed by atoms with Crippen LogP contribution in [0.3, 0.4) is 0 Å². The minimum absolute atomic E-state index is 0.178. The Balaban J connectivity index is 2.05. The number of hydrogen-bond donors (Lipinski definition) is 1. The molecule has 104 valence electrons. The summed E-state index contributed by atoms with van der Waals surface area (Å²) in [6.07, 6.45) is 6.33. The fourth-order valence-electron chi connectivity index (χ4n) is 1.59. The summed E-state index contributed by atoms with van der Waals surface area (Å²) in [6.45, 7) is 5.49. The van der Waals surface area contributed by atoms with E-state index < -0.39 is 10.0 Å². The molecule has 0 bridgehead atoms. The second kappa shape index (κ2) is 5.54. The third-order valence-electron chi connectivity index (χ3n) is 2.72. The van der Waals surface area contributed by atoms with E-state index in [1.807, 2.05) is 20.0 Å². The number of nitrogens with zero attached hydrogens (tertiary/aromatic N) is 4. The Morgan fingerprint density at radius 2 is 1.74 bits per heavy atom. The first-order chi connectivity index (χ1) is 9.05. The lowest BCUT2D eigenvalue weighted by Gasteiger charge is -2.02. The third-order valence-corrected chi connectivity index (χ3v) is 4.08. The lowest BCUT2D eigenvalue weighted by atomic mass is 10.4. The Hall–Kier alpha value is -1.67. The van der Waals surface area contributed by atoms with Crippen LogP contribution >= 0.6 is 0 Å². The Kier molecular flexibility index (Phi) is 4.01. The van der Waals surface area contributed by atoms with Gasteiger partial charge in [0.25, 0.3) is 0 Å². The molecule has 1 N–H and O–H groups in total. The van der Waals surface area contributed by atoms with Crippen LogP contribution in [0, 0.1) is 0 Å². The summed E-state index contributed by atoms with van der Waals surface area (Å²) in [5.41, 5.74) is 0.827. The second-order valence-electron chi connectivity index (χ2n) is 4.06.